The molecule has 0 saturated carbocycles. The Kier molecular flexibility index (Phi) is 3.52. The second-order valence-electron chi connectivity index (χ2n) is 3.73. The van der Waals surface area contributed by atoms with Crippen molar-refractivity contribution in [1.82, 2.24) is 9.97 Å². The van der Waals surface area contributed by atoms with Crippen LogP contribution in [-0.4, -0.2) is 30.0 Å². The average molecular weight is 242 g/mol. The Labute approximate surface area is 105 Å². The molecule has 18 heavy (non-hydrogen) atoms. The van der Waals surface area contributed by atoms with E-state index in [2.05, 4.69) is 15.3 Å². The maximum Gasteiger partial charge on any atom is 0.276 e. The van der Waals surface area contributed by atoms with Crippen molar-refractivity contribution in [1.29, 1.82) is 0 Å². The minimum Gasteiger partial charge on any atom is -0.373 e. The average Bonchev–Trinajstić information content (AvgIpc) is 2.46. The molecule has 0 atom stereocenters. The molecule has 5 heteroatoms. The number of nitrogens with one attached hydrogen (secondary N) is 1. The highest BCUT2D eigenvalue weighted by molar-refractivity contribution is 6.04. The van der Waals surface area contributed by atoms with Crippen molar-refractivity contribution in [2.45, 2.75) is 0 Å². The number of pyridine rings is 2. The van der Waals surface area contributed by atoms with Gasteiger partial charge in [-0.2, -0.15) is 0 Å². The molecule has 0 unspecified atom stereocenters. The third-order valence-corrected chi connectivity index (χ3v) is 2.58. The van der Waals surface area contributed by atoms with E-state index >= 15 is 0 Å². The normalized spacial score (nSPS) is 9.89. The largest absolute Gasteiger partial charge is 0.373 e. The van der Waals surface area contributed by atoms with Crippen molar-refractivity contribution >= 4 is 17.4 Å². The summed E-state index contributed by atoms with van der Waals surface area (Å²) in [5, 5.41) is 2.91. The summed E-state index contributed by atoms with van der Waals surface area (Å²) >= 11 is 0. The van der Waals surface area contributed by atoms with Gasteiger partial charge in [0.1, 0.15) is 11.5 Å². The molecule has 0 spiro atoms. The second kappa shape index (κ2) is 5.27. The number of hydrogen-bond donors (Lipinski definition) is 1. The van der Waals surface area contributed by atoms with Crippen LogP contribution in [0.5, 0.6) is 0 Å². The molecule has 0 saturated heterocycles. The van der Waals surface area contributed by atoms with Gasteiger partial charge in [-0.1, -0.05) is 6.07 Å². The molecule has 0 aliphatic heterocycles. The minimum atomic E-state index is -0.154. The Morgan fingerprint density at radius 1 is 1.22 bits per heavy atom. The molecule has 0 aliphatic carbocycles. The van der Waals surface area contributed by atoms with Crippen LogP contribution in [0.25, 0.3) is 0 Å². The molecule has 2 aromatic heterocycles. The first-order chi connectivity index (χ1) is 8.72. The number of rotatable bonds is 3. The number of nitrogens with zero attached hydrogens (tertiary/aromatic N) is 3. The van der Waals surface area contributed by atoms with Gasteiger partial charge in [0.05, 0.1) is 0 Å². The first kappa shape index (κ1) is 12.0. The topological polar surface area (TPSA) is 58.1 Å². The molecule has 1 amide bonds. The van der Waals surface area contributed by atoms with E-state index < -0.39 is 0 Å². The van der Waals surface area contributed by atoms with E-state index in [1.165, 1.54) is 0 Å². The summed E-state index contributed by atoms with van der Waals surface area (Å²) in [7, 11) is 3.48. The van der Waals surface area contributed by atoms with Crippen molar-refractivity contribution in [3.05, 3.63) is 48.4 Å². The zero-order chi connectivity index (χ0) is 13.0. The number of hydrogen-bond acceptors (Lipinski definition) is 4. The minimum absolute atomic E-state index is 0.154. The van der Waals surface area contributed by atoms with E-state index in [-0.39, 0.29) is 5.91 Å². The molecule has 0 aliphatic rings. The summed E-state index contributed by atoms with van der Waals surface area (Å²) in [5.74, 6) is 0.516. The van der Waals surface area contributed by atoms with Gasteiger partial charge in [-0.15, -0.1) is 0 Å². The molecule has 2 heterocycles. The van der Waals surface area contributed by atoms with Gasteiger partial charge in [-0.3, -0.25) is 9.78 Å². The van der Waals surface area contributed by atoms with Crippen molar-refractivity contribution < 1.29 is 4.79 Å². The summed E-state index contributed by atoms with van der Waals surface area (Å²) in [4.78, 5) is 21.9. The number of anilines is 2. The highest BCUT2D eigenvalue weighted by Gasteiger charge is 2.14. The molecule has 92 valence electrons. The molecule has 0 bridgehead atoms. The van der Waals surface area contributed by atoms with E-state index in [1.807, 2.05) is 6.07 Å². The monoisotopic (exact) mass is 242 g/mol. The van der Waals surface area contributed by atoms with Gasteiger partial charge in [0.25, 0.3) is 5.91 Å². The van der Waals surface area contributed by atoms with Crippen LogP contribution in [0.4, 0.5) is 11.5 Å². The van der Waals surface area contributed by atoms with Gasteiger partial charge in [-0.05, 0) is 24.3 Å². The lowest BCUT2D eigenvalue weighted by molar-refractivity contribution is 0.0988. The lowest BCUT2D eigenvalue weighted by Crippen LogP contribution is -2.27. The maximum absolute atomic E-state index is 12.2. The molecule has 5 nitrogen and oxygen atoms in total. The van der Waals surface area contributed by atoms with Crippen LogP contribution >= 0.6 is 0 Å². The Morgan fingerprint density at radius 3 is 2.61 bits per heavy atom. The second-order valence-corrected chi connectivity index (χ2v) is 3.73. The summed E-state index contributed by atoms with van der Waals surface area (Å²) in [5.41, 5.74) is 1.19. The fraction of sp³-hybridized carbons (Fsp3) is 0.154. The first-order valence-electron chi connectivity index (χ1n) is 5.55. The van der Waals surface area contributed by atoms with Crippen molar-refractivity contribution in [3.63, 3.8) is 0 Å². The highest BCUT2D eigenvalue weighted by atomic mass is 16.2. The first-order valence-corrected chi connectivity index (χ1v) is 5.55. The molecular formula is C13H14N4O. The molecule has 0 radical (unpaired) electrons. The zero-order valence-electron chi connectivity index (χ0n) is 10.3. The highest BCUT2D eigenvalue weighted by Crippen LogP contribution is 2.14. The Morgan fingerprint density at radius 2 is 1.94 bits per heavy atom. The van der Waals surface area contributed by atoms with E-state index in [4.69, 9.17) is 0 Å². The molecular weight excluding hydrogens is 228 g/mol. The fourth-order valence-corrected chi connectivity index (χ4v) is 1.55. The summed E-state index contributed by atoms with van der Waals surface area (Å²) in [6.07, 6.45) is 3.30. The van der Waals surface area contributed by atoms with Crippen LogP contribution in [0.3, 0.4) is 0 Å². The van der Waals surface area contributed by atoms with E-state index in [0.717, 1.165) is 5.69 Å². The number of amides is 1. The number of carbonyl (C=O) groups excluding carboxylic acids is 1. The zero-order valence-corrected chi connectivity index (χ0v) is 10.3. The fourth-order valence-electron chi connectivity index (χ4n) is 1.55. The lowest BCUT2D eigenvalue weighted by atomic mass is 10.3. The van der Waals surface area contributed by atoms with Crippen LogP contribution in [-0.2, 0) is 0 Å². The predicted octanol–water partition coefficient (Wildman–Crippen LogP) is 1.79. The van der Waals surface area contributed by atoms with Crippen molar-refractivity contribution in [2.75, 3.05) is 24.3 Å². The van der Waals surface area contributed by atoms with Gasteiger partial charge < -0.3 is 10.2 Å². The molecule has 0 aromatic carbocycles. The predicted molar refractivity (Wildman–Crippen MR) is 70.8 cm³/mol. The smallest absolute Gasteiger partial charge is 0.276 e. The Hall–Kier alpha value is -2.43. The van der Waals surface area contributed by atoms with Gasteiger partial charge >= 0.3 is 0 Å². The molecule has 0 fully saturated rings. The number of carbonyl (C=O) groups is 1. The third kappa shape index (κ3) is 2.45. The van der Waals surface area contributed by atoms with Crippen LogP contribution in [0.2, 0.25) is 0 Å². The van der Waals surface area contributed by atoms with Crippen LogP contribution < -0.4 is 10.2 Å². The SMILES string of the molecule is CNc1cccc(C(=O)N(C)c2ccncc2)n1. The lowest BCUT2D eigenvalue weighted by Gasteiger charge is -2.16. The molecule has 1 N–H and O–H groups in total. The van der Waals surface area contributed by atoms with Crippen LogP contribution in [0, 0.1) is 0 Å². The van der Waals surface area contributed by atoms with Gasteiger partial charge in [0.2, 0.25) is 0 Å². The third-order valence-electron chi connectivity index (χ3n) is 2.58. The van der Waals surface area contributed by atoms with Crippen LogP contribution in [0.1, 0.15) is 10.5 Å². The van der Waals surface area contributed by atoms with Gasteiger partial charge in [-0.25, -0.2) is 4.98 Å². The number of aromatic nitrogens is 2. The van der Waals surface area contributed by atoms with Crippen molar-refractivity contribution in [3.8, 4) is 0 Å². The summed E-state index contributed by atoms with van der Waals surface area (Å²) < 4.78 is 0. The van der Waals surface area contributed by atoms with E-state index in [9.17, 15) is 4.79 Å². The summed E-state index contributed by atoms with van der Waals surface area (Å²) in [6, 6.07) is 8.86. The van der Waals surface area contributed by atoms with Crippen LogP contribution in [0.15, 0.2) is 42.7 Å². The van der Waals surface area contributed by atoms with E-state index in [1.54, 1.807) is 55.7 Å². The standard InChI is InChI=1S/C13H14N4O/c1-14-12-5-3-4-11(16-12)13(18)17(2)10-6-8-15-9-7-10/h3-9H,1-2H3,(H,14,16). The quantitative estimate of drug-likeness (QED) is 0.891. The molecule has 2 rings (SSSR count). The Balaban J connectivity index is 2.25. The molecule has 2 aromatic rings. The summed E-state index contributed by atoms with van der Waals surface area (Å²) in [6.45, 7) is 0. The maximum atomic E-state index is 12.2. The van der Waals surface area contributed by atoms with Gasteiger partial charge in [0, 0.05) is 32.2 Å². The Bertz CT molecular complexity index is 542. The van der Waals surface area contributed by atoms with Crippen molar-refractivity contribution in [2.24, 2.45) is 0 Å². The van der Waals surface area contributed by atoms with Gasteiger partial charge in [0.15, 0.2) is 0 Å². The van der Waals surface area contributed by atoms with E-state index in [0.29, 0.717) is 11.5 Å².